The lowest BCUT2D eigenvalue weighted by molar-refractivity contribution is 0.233. The van der Waals surface area contributed by atoms with E-state index in [4.69, 9.17) is 10.5 Å². The number of nitrogens with zero attached hydrogens (tertiary/aromatic N) is 1. The van der Waals surface area contributed by atoms with Gasteiger partial charge in [-0.15, -0.1) is 12.4 Å². The van der Waals surface area contributed by atoms with E-state index in [2.05, 4.69) is 4.90 Å². The molecule has 2 rings (SSSR count). The van der Waals surface area contributed by atoms with Crippen LogP contribution in [0.2, 0.25) is 0 Å². The summed E-state index contributed by atoms with van der Waals surface area (Å²) >= 11 is 0. The molecular formula is C13H20ClFN2O. The Balaban J connectivity index is 0.00000162. The minimum Gasteiger partial charge on any atom is -0.492 e. The Morgan fingerprint density at radius 3 is 2.67 bits per heavy atom. The van der Waals surface area contributed by atoms with Crippen molar-refractivity contribution in [3.8, 4) is 5.75 Å². The third kappa shape index (κ3) is 4.44. The van der Waals surface area contributed by atoms with Crippen LogP contribution in [0, 0.1) is 11.7 Å². The van der Waals surface area contributed by atoms with Gasteiger partial charge < -0.3 is 10.5 Å². The lowest BCUT2D eigenvalue weighted by Crippen LogP contribution is -2.27. The lowest BCUT2D eigenvalue weighted by atomic mass is 10.1. The standard InChI is InChI=1S/C13H19FN2O.ClH/c14-12-1-3-13(4-2-12)17-8-7-16-6-5-11(9-15)10-16;/h1-4,11H,5-10,15H2;1H. The molecule has 0 spiro atoms. The Labute approximate surface area is 114 Å². The summed E-state index contributed by atoms with van der Waals surface area (Å²) in [5.41, 5.74) is 5.64. The van der Waals surface area contributed by atoms with Gasteiger partial charge in [0.15, 0.2) is 0 Å². The Kier molecular flexibility index (Phi) is 6.39. The minimum atomic E-state index is -0.234. The first-order valence-electron chi connectivity index (χ1n) is 6.08. The molecule has 3 nitrogen and oxygen atoms in total. The van der Waals surface area contributed by atoms with Gasteiger partial charge in [-0.25, -0.2) is 4.39 Å². The van der Waals surface area contributed by atoms with Gasteiger partial charge in [0, 0.05) is 13.1 Å². The molecule has 0 aliphatic carbocycles. The average Bonchev–Trinajstić information content (AvgIpc) is 2.80. The molecule has 2 N–H and O–H groups in total. The highest BCUT2D eigenvalue weighted by molar-refractivity contribution is 5.85. The van der Waals surface area contributed by atoms with Gasteiger partial charge in [-0.05, 0) is 49.7 Å². The Morgan fingerprint density at radius 2 is 2.06 bits per heavy atom. The van der Waals surface area contributed by atoms with Crippen molar-refractivity contribution in [2.75, 3.05) is 32.8 Å². The first kappa shape index (κ1) is 15.2. The normalized spacial score (nSPS) is 19.6. The van der Waals surface area contributed by atoms with E-state index in [1.807, 2.05) is 0 Å². The fraction of sp³-hybridized carbons (Fsp3) is 0.538. The van der Waals surface area contributed by atoms with Crippen molar-refractivity contribution in [2.45, 2.75) is 6.42 Å². The highest BCUT2D eigenvalue weighted by Crippen LogP contribution is 2.15. The number of hydrogen-bond donors (Lipinski definition) is 1. The maximum Gasteiger partial charge on any atom is 0.123 e. The summed E-state index contributed by atoms with van der Waals surface area (Å²) in [5, 5.41) is 0. The number of likely N-dealkylation sites (tertiary alicyclic amines) is 1. The molecule has 5 heteroatoms. The van der Waals surface area contributed by atoms with Gasteiger partial charge in [0.25, 0.3) is 0 Å². The quantitative estimate of drug-likeness (QED) is 0.891. The van der Waals surface area contributed by atoms with E-state index in [1.54, 1.807) is 12.1 Å². The second-order valence-electron chi connectivity index (χ2n) is 4.49. The molecule has 1 fully saturated rings. The average molecular weight is 275 g/mol. The number of nitrogens with two attached hydrogens (primary N) is 1. The van der Waals surface area contributed by atoms with Gasteiger partial charge in [0.05, 0.1) is 0 Å². The molecule has 1 aromatic rings. The molecule has 0 amide bonds. The monoisotopic (exact) mass is 274 g/mol. The molecule has 1 aromatic carbocycles. The van der Waals surface area contributed by atoms with Crippen LogP contribution in [0.4, 0.5) is 4.39 Å². The molecule has 1 atom stereocenters. The van der Waals surface area contributed by atoms with Crippen molar-refractivity contribution >= 4 is 12.4 Å². The third-order valence-corrected chi connectivity index (χ3v) is 3.19. The van der Waals surface area contributed by atoms with Gasteiger partial charge in [-0.2, -0.15) is 0 Å². The molecule has 1 aliphatic rings. The van der Waals surface area contributed by atoms with Crippen LogP contribution >= 0.6 is 12.4 Å². The van der Waals surface area contributed by atoms with Crippen LogP contribution in [-0.4, -0.2) is 37.7 Å². The summed E-state index contributed by atoms with van der Waals surface area (Å²) in [6, 6.07) is 6.13. The number of halogens is 2. The van der Waals surface area contributed by atoms with Crippen molar-refractivity contribution in [1.29, 1.82) is 0 Å². The topological polar surface area (TPSA) is 38.5 Å². The van der Waals surface area contributed by atoms with Crippen molar-refractivity contribution in [3.05, 3.63) is 30.1 Å². The third-order valence-electron chi connectivity index (χ3n) is 3.19. The lowest BCUT2D eigenvalue weighted by Gasteiger charge is -2.15. The molecule has 1 heterocycles. The molecule has 0 bridgehead atoms. The van der Waals surface area contributed by atoms with Crippen LogP contribution in [0.3, 0.4) is 0 Å². The summed E-state index contributed by atoms with van der Waals surface area (Å²) in [5.74, 6) is 1.13. The Bertz CT molecular complexity index is 347. The minimum absolute atomic E-state index is 0. The van der Waals surface area contributed by atoms with Gasteiger partial charge in [-0.1, -0.05) is 0 Å². The first-order valence-corrected chi connectivity index (χ1v) is 6.08. The molecule has 1 aliphatic heterocycles. The number of rotatable bonds is 5. The van der Waals surface area contributed by atoms with Gasteiger partial charge in [-0.3, -0.25) is 4.90 Å². The second-order valence-corrected chi connectivity index (χ2v) is 4.49. The van der Waals surface area contributed by atoms with E-state index >= 15 is 0 Å². The van der Waals surface area contributed by atoms with Crippen LogP contribution in [0.1, 0.15) is 6.42 Å². The molecular weight excluding hydrogens is 255 g/mol. The van der Waals surface area contributed by atoms with Crippen LogP contribution in [0.15, 0.2) is 24.3 Å². The highest BCUT2D eigenvalue weighted by Gasteiger charge is 2.20. The molecule has 102 valence electrons. The maximum absolute atomic E-state index is 12.7. The number of ether oxygens (including phenoxy) is 1. The predicted octanol–water partition coefficient (Wildman–Crippen LogP) is 1.91. The molecule has 0 aromatic heterocycles. The predicted molar refractivity (Wildman–Crippen MR) is 72.7 cm³/mol. The zero-order valence-corrected chi connectivity index (χ0v) is 11.2. The smallest absolute Gasteiger partial charge is 0.123 e. The summed E-state index contributed by atoms with van der Waals surface area (Å²) in [7, 11) is 0. The first-order chi connectivity index (χ1) is 8.28. The Morgan fingerprint density at radius 1 is 1.33 bits per heavy atom. The fourth-order valence-electron chi connectivity index (χ4n) is 2.13. The van der Waals surface area contributed by atoms with Crippen molar-refractivity contribution in [1.82, 2.24) is 4.90 Å². The van der Waals surface area contributed by atoms with Gasteiger partial charge in [0.1, 0.15) is 18.2 Å². The van der Waals surface area contributed by atoms with E-state index in [0.29, 0.717) is 12.5 Å². The molecule has 0 radical (unpaired) electrons. The van der Waals surface area contributed by atoms with Crippen LogP contribution < -0.4 is 10.5 Å². The van der Waals surface area contributed by atoms with E-state index in [1.165, 1.54) is 18.6 Å². The SMILES string of the molecule is Cl.NCC1CCN(CCOc2ccc(F)cc2)C1. The molecule has 18 heavy (non-hydrogen) atoms. The van der Waals surface area contributed by atoms with Crippen LogP contribution in [-0.2, 0) is 0 Å². The van der Waals surface area contributed by atoms with Crippen molar-refractivity contribution in [2.24, 2.45) is 11.7 Å². The highest BCUT2D eigenvalue weighted by atomic mass is 35.5. The number of benzene rings is 1. The largest absolute Gasteiger partial charge is 0.492 e. The van der Waals surface area contributed by atoms with Gasteiger partial charge >= 0.3 is 0 Å². The summed E-state index contributed by atoms with van der Waals surface area (Å²) in [4.78, 5) is 2.36. The van der Waals surface area contributed by atoms with E-state index in [0.717, 1.165) is 31.9 Å². The fourth-order valence-corrected chi connectivity index (χ4v) is 2.13. The van der Waals surface area contributed by atoms with Crippen LogP contribution in [0.5, 0.6) is 5.75 Å². The zero-order chi connectivity index (χ0) is 12.1. The van der Waals surface area contributed by atoms with Gasteiger partial charge in [0.2, 0.25) is 0 Å². The Hall–Kier alpha value is -0.840. The molecule has 1 saturated heterocycles. The van der Waals surface area contributed by atoms with E-state index in [-0.39, 0.29) is 18.2 Å². The zero-order valence-electron chi connectivity index (χ0n) is 10.3. The second kappa shape index (κ2) is 7.56. The van der Waals surface area contributed by atoms with Crippen molar-refractivity contribution < 1.29 is 9.13 Å². The molecule has 1 unspecified atom stereocenters. The number of hydrogen-bond acceptors (Lipinski definition) is 3. The van der Waals surface area contributed by atoms with Crippen LogP contribution in [0.25, 0.3) is 0 Å². The maximum atomic E-state index is 12.7. The molecule has 0 saturated carbocycles. The summed E-state index contributed by atoms with van der Waals surface area (Å²) in [6.07, 6.45) is 1.19. The summed E-state index contributed by atoms with van der Waals surface area (Å²) in [6.45, 7) is 4.50. The summed E-state index contributed by atoms with van der Waals surface area (Å²) < 4.78 is 18.2. The van der Waals surface area contributed by atoms with E-state index < -0.39 is 0 Å². The van der Waals surface area contributed by atoms with E-state index in [9.17, 15) is 4.39 Å². The van der Waals surface area contributed by atoms with Crippen molar-refractivity contribution in [3.63, 3.8) is 0 Å².